The molecular weight excluding hydrogens is 200 g/mol. The molecule has 1 rings (SSSR count). The number of hydrogen-bond donors (Lipinski definition) is 1. The van der Waals surface area contributed by atoms with Crippen LogP contribution in [0.4, 0.5) is 0 Å². The van der Waals surface area contributed by atoms with E-state index in [-0.39, 0.29) is 5.60 Å². The topological polar surface area (TPSA) is 24.5 Å². The van der Waals surface area contributed by atoms with Gasteiger partial charge < -0.3 is 15.0 Å². The fraction of sp³-hybridized carbons (Fsp3) is 1.00. The summed E-state index contributed by atoms with van der Waals surface area (Å²) in [7, 11) is 2.21. The highest BCUT2D eigenvalue weighted by Gasteiger charge is 2.16. The van der Waals surface area contributed by atoms with Crippen molar-refractivity contribution in [1.82, 2.24) is 10.2 Å². The minimum Gasteiger partial charge on any atom is -0.375 e. The highest BCUT2D eigenvalue weighted by Crippen LogP contribution is 2.14. The summed E-state index contributed by atoms with van der Waals surface area (Å²) in [5, 5.41) is 3.50. The van der Waals surface area contributed by atoms with Gasteiger partial charge in [0.15, 0.2) is 0 Å². The molecular formula is C13H28N2O. The molecule has 1 saturated heterocycles. The molecule has 0 saturated carbocycles. The third-order valence-electron chi connectivity index (χ3n) is 3.09. The summed E-state index contributed by atoms with van der Waals surface area (Å²) in [6.45, 7) is 11.8. The highest BCUT2D eigenvalue weighted by molar-refractivity contribution is 4.71. The Kier molecular flexibility index (Phi) is 5.73. The molecule has 96 valence electrons. The Bertz CT molecular complexity index is 181. The van der Waals surface area contributed by atoms with Crippen molar-refractivity contribution >= 4 is 0 Å². The van der Waals surface area contributed by atoms with Crippen LogP contribution in [-0.2, 0) is 4.74 Å². The summed E-state index contributed by atoms with van der Waals surface area (Å²) in [5.41, 5.74) is -0.00473. The molecule has 0 unspecified atom stereocenters. The van der Waals surface area contributed by atoms with Crippen LogP contribution in [-0.4, -0.2) is 50.3 Å². The van der Waals surface area contributed by atoms with E-state index >= 15 is 0 Å². The molecule has 0 bridgehead atoms. The molecule has 0 aromatic rings. The molecule has 0 aromatic heterocycles. The van der Waals surface area contributed by atoms with E-state index in [0.29, 0.717) is 0 Å². The quantitative estimate of drug-likeness (QED) is 0.725. The van der Waals surface area contributed by atoms with E-state index in [2.05, 4.69) is 38.0 Å². The van der Waals surface area contributed by atoms with Crippen LogP contribution in [0.3, 0.4) is 0 Å². The lowest BCUT2D eigenvalue weighted by molar-refractivity contribution is -0.00118. The monoisotopic (exact) mass is 228 g/mol. The average Bonchev–Trinajstić information content (AvgIpc) is 2.19. The van der Waals surface area contributed by atoms with Crippen molar-refractivity contribution < 1.29 is 4.74 Å². The summed E-state index contributed by atoms with van der Waals surface area (Å²) < 4.78 is 5.67. The molecule has 3 heteroatoms. The second-order valence-electron chi connectivity index (χ2n) is 5.91. The SMILES string of the molecule is CN1CCC(CNCCOC(C)(C)C)CC1. The molecule has 0 aromatic carbocycles. The van der Waals surface area contributed by atoms with Gasteiger partial charge in [-0.05, 0) is 66.2 Å². The summed E-state index contributed by atoms with van der Waals surface area (Å²) in [6, 6.07) is 0. The van der Waals surface area contributed by atoms with E-state index in [1.54, 1.807) is 0 Å². The first-order valence-corrected chi connectivity index (χ1v) is 6.50. The van der Waals surface area contributed by atoms with Crippen molar-refractivity contribution in [3.8, 4) is 0 Å². The number of hydrogen-bond acceptors (Lipinski definition) is 3. The van der Waals surface area contributed by atoms with Crippen LogP contribution in [0, 0.1) is 5.92 Å². The van der Waals surface area contributed by atoms with E-state index in [1.807, 2.05) is 0 Å². The number of nitrogens with zero attached hydrogens (tertiary/aromatic N) is 1. The number of ether oxygens (including phenoxy) is 1. The molecule has 1 heterocycles. The lowest BCUT2D eigenvalue weighted by Gasteiger charge is -2.29. The summed E-state index contributed by atoms with van der Waals surface area (Å²) in [5.74, 6) is 0.867. The standard InChI is InChI=1S/C13H28N2O/c1-13(2,3)16-10-7-14-11-12-5-8-15(4)9-6-12/h12,14H,5-11H2,1-4H3. The van der Waals surface area contributed by atoms with Gasteiger partial charge in [0, 0.05) is 6.54 Å². The maximum atomic E-state index is 5.67. The van der Waals surface area contributed by atoms with E-state index < -0.39 is 0 Å². The fourth-order valence-electron chi connectivity index (χ4n) is 2.00. The van der Waals surface area contributed by atoms with Gasteiger partial charge in [-0.2, -0.15) is 0 Å². The Labute approximate surface area is 101 Å². The first-order valence-electron chi connectivity index (χ1n) is 6.50. The zero-order valence-electron chi connectivity index (χ0n) is 11.4. The minimum absolute atomic E-state index is 0.00473. The molecule has 0 radical (unpaired) electrons. The fourth-order valence-corrected chi connectivity index (χ4v) is 2.00. The first kappa shape index (κ1) is 13.9. The zero-order chi connectivity index (χ0) is 12.0. The van der Waals surface area contributed by atoms with Crippen molar-refractivity contribution in [2.45, 2.75) is 39.2 Å². The molecule has 0 spiro atoms. The predicted octanol–water partition coefficient (Wildman–Crippen LogP) is 1.73. The normalized spacial score (nSPS) is 20.2. The van der Waals surface area contributed by atoms with Crippen LogP contribution in [0.15, 0.2) is 0 Å². The predicted molar refractivity (Wildman–Crippen MR) is 68.8 cm³/mol. The smallest absolute Gasteiger partial charge is 0.0599 e. The van der Waals surface area contributed by atoms with Crippen molar-refractivity contribution in [2.24, 2.45) is 5.92 Å². The maximum Gasteiger partial charge on any atom is 0.0599 e. The van der Waals surface area contributed by atoms with Crippen molar-refractivity contribution in [3.05, 3.63) is 0 Å². The Hall–Kier alpha value is -0.120. The molecule has 1 fully saturated rings. The van der Waals surface area contributed by atoms with Gasteiger partial charge in [0.1, 0.15) is 0 Å². The summed E-state index contributed by atoms with van der Waals surface area (Å²) in [6.07, 6.45) is 2.67. The Morgan fingerprint density at radius 2 is 1.88 bits per heavy atom. The van der Waals surface area contributed by atoms with Crippen LogP contribution >= 0.6 is 0 Å². The molecule has 16 heavy (non-hydrogen) atoms. The van der Waals surface area contributed by atoms with Crippen LogP contribution < -0.4 is 5.32 Å². The van der Waals surface area contributed by atoms with Gasteiger partial charge in [-0.15, -0.1) is 0 Å². The highest BCUT2D eigenvalue weighted by atomic mass is 16.5. The van der Waals surface area contributed by atoms with Crippen LogP contribution in [0.5, 0.6) is 0 Å². The van der Waals surface area contributed by atoms with Crippen molar-refractivity contribution in [3.63, 3.8) is 0 Å². The molecule has 1 N–H and O–H groups in total. The van der Waals surface area contributed by atoms with Crippen molar-refractivity contribution in [2.75, 3.05) is 39.8 Å². The van der Waals surface area contributed by atoms with E-state index in [1.165, 1.54) is 25.9 Å². The summed E-state index contributed by atoms with van der Waals surface area (Å²) >= 11 is 0. The second kappa shape index (κ2) is 6.58. The van der Waals surface area contributed by atoms with Crippen LogP contribution in [0.2, 0.25) is 0 Å². The van der Waals surface area contributed by atoms with Gasteiger partial charge in [-0.25, -0.2) is 0 Å². The maximum absolute atomic E-state index is 5.67. The van der Waals surface area contributed by atoms with Gasteiger partial charge in [-0.3, -0.25) is 0 Å². The first-order chi connectivity index (χ1) is 7.47. The molecule has 3 nitrogen and oxygen atoms in total. The Morgan fingerprint density at radius 3 is 2.44 bits per heavy atom. The van der Waals surface area contributed by atoms with Crippen molar-refractivity contribution in [1.29, 1.82) is 0 Å². The summed E-state index contributed by atoms with van der Waals surface area (Å²) in [4.78, 5) is 2.42. The number of rotatable bonds is 5. The van der Waals surface area contributed by atoms with Gasteiger partial charge in [0.25, 0.3) is 0 Å². The van der Waals surface area contributed by atoms with Crippen LogP contribution in [0.25, 0.3) is 0 Å². The molecule has 0 aliphatic carbocycles. The molecule has 0 atom stereocenters. The number of piperidine rings is 1. The molecule has 1 aliphatic rings. The lowest BCUT2D eigenvalue weighted by Crippen LogP contribution is -2.36. The Balaban J connectivity index is 1.95. The zero-order valence-corrected chi connectivity index (χ0v) is 11.4. The number of nitrogens with one attached hydrogen (secondary N) is 1. The van der Waals surface area contributed by atoms with E-state index in [9.17, 15) is 0 Å². The van der Waals surface area contributed by atoms with Crippen LogP contribution in [0.1, 0.15) is 33.6 Å². The Morgan fingerprint density at radius 1 is 1.25 bits per heavy atom. The van der Waals surface area contributed by atoms with Gasteiger partial charge in [0.05, 0.1) is 12.2 Å². The average molecular weight is 228 g/mol. The van der Waals surface area contributed by atoms with Gasteiger partial charge in [0.2, 0.25) is 0 Å². The van der Waals surface area contributed by atoms with E-state index in [4.69, 9.17) is 4.74 Å². The van der Waals surface area contributed by atoms with E-state index in [0.717, 1.165) is 25.6 Å². The van der Waals surface area contributed by atoms with Gasteiger partial charge >= 0.3 is 0 Å². The molecule has 0 amide bonds. The minimum atomic E-state index is -0.00473. The number of likely N-dealkylation sites (tertiary alicyclic amines) is 1. The van der Waals surface area contributed by atoms with Gasteiger partial charge in [-0.1, -0.05) is 0 Å². The second-order valence-corrected chi connectivity index (χ2v) is 5.91. The largest absolute Gasteiger partial charge is 0.375 e. The third-order valence-corrected chi connectivity index (χ3v) is 3.09. The molecule has 1 aliphatic heterocycles. The lowest BCUT2D eigenvalue weighted by atomic mass is 9.97. The third kappa shape index (κ3) is 6.46.